The molecule has 0 fully saturated rings. The average molecular weight is 618 g/mol. The molecule has 0 aliphatic carbocycles. The molecule has 0 saturated heterocycles. The Hall–Kier alpha value is -4.81. The molecule has 0 aliphatic heterocycles. The van der Waals surface area contributed by atoms with Crippen molar-refractivity contribution in [3.05, 3.63) is 99.4 Å². The number of rotatable bonds is 11. The molecule has 3 aromatic heterocycles. The molecular formula is C31H27N3O7S2. The van der Waals surface area contributed by atoms with E-state index in [0.717, 1.165) is 26.3 Å². The molecule has 0 bridgehead atoms. The van der Waals surface area contributed by atoms with Gasteiger partial charge in [-0.2, -0.15) is 0 Å². The van der Waals surface area contributed by atoms with E-state index in [1.807, 2.05) is 48.5 Å². The highest BCUT2D eigenvalue weighted by molar-refractivity contribution is 7.20. The number of benzene rings is 2. The largest absolute Gasteiger partial charge is 0.490 e. The quantitative estimate of drug-likeness (QED) is 0.151. The summed E-state index contributed by atoms with van der Waals surface area (Å²) in [6, 6.07) is 20.3. The van der Waals surface area contributed by atoms with Gasteiger partial charge in [0.15, 0.2) is 0 Å². The zero-order valence-electron chi connectivity index (χ0n) is 23.3. The fourth-order valence-electron chi connectivity index (χ4n) is 4.25. The van der Waals surface area contributed by atoms with E-state index >= 15 is 0 Å². The van der Waals surface area contributed by atoms with Gasteiger partial charge in [-0.3, -0.25) is 14.2 Å². The van der Waals surface area contributed by atoms with Crippen LogP contribution in [0.1, 0.15) is 32.5 Å². The summed E-state index contributed by atoms with van der Waals surface area (Å²) >= 11 is 2.28. The molecule has 0 saturated carbocycles. The van der Waals surface area contributed by atoms with Crippen molar-refractivity contribution < 1.29 is 28.6 Å². The van der Waals surface area contributed by atoms with Crippen LogP contribution in [0.2, 0.25) is 0 Å². The lowest BCUT2D eigenvalue weighted by Crippen LogP contribution is -2.28. The van der Waals surface area contributed by atoms with Crippen molar-refractivity contribution in [2.24, 2.45) is 0 Å². The Bertz CT molecular complexity index is 1830. The zero-order chi connectivity index (χ0) is 30.3. The van der Waals surface area contributed by atoms with E-state index in [0.29, 0.717) is 21.1 Å². The van der Waals surface area contributed by atoms with Gasteiger partial charge in [-0.1, -0.05) is 48.5 Å². The monoisotopic (exact) mass is 617 g/mol. The van der Waals surface area contributed by atoms with Gasteiger partial charge in [-0.25, -0.2) is 14.6 Å². The van der Waals surface area contributed by atoms with Crippen molar-refractivity contribution in [3.8, 4) is 16.2 Å². The second-order valence-corrected chi connectivity index (χ2v) is 11.3. The fourth-order valence-corrected chi connectivity index (χ4v) is 6.35. The van der Waals surface area contributed by atoms with Crippen molar-refractivity contribution in [2.75, 3.05) is 25.1 Å². The van der Waals surface area contributed by atoms with Gasteiger partial charge in [0.1, 0.15) is 40.2 Å². The number of carbonyl (C=O) groups excluding carboxylic acids is 3. The second-order valence-electron chi connectivity index (χ2n) is 9.20. The number of ether oxygens (including phenoxy) is 3. The molecule has 0 aliphatic rings. The van der Waals surface area contributed by atoms with E-state index in [-0.39, 0.29) is 42.2 Å². The van der Waals surface area contributed by atoms with Crippen LogP contribution in [0.5, 0.6) is 5.75 Å². The molecule has 220 valence electrons. The van der Waals surface area contributed by atoms with Gasteiger partial charge in [-0.15, -0.1) is 22.7 Å². The van der Waals surface area contributed by atoms with Gasteiger partial charge in [0, 0.05) is 4.88 Å². The lowest BCUT2D eigenvalue weighted by atomic mass is 10.1. The highest BCUT2D eigenvalue weighted by Gasteiger charge is 2.23. The standard InChI is InChI=1S/C31H27N3O7S2/c1-3-39-30(37)22-16-23(20-10-6-4-7-11-20)42-27(22)33-24(35)17-34-18-32-28-25(29(34)36)19(2)26(43-28)31(38)41-15-14-40-21-12-8-5-9-13-21/h4-13,16,18H,3,14-15,17H2,1-2H3,(H,33,35). The summed E-state index contributed by atoms with van der Waals surface area (Å²) in [4.78, 5) is 57.5. The number of hydrogen-bond acceptors (Lipinski definition) is 10. The summed E-state index contributed by atoms with van der Waals surface area (Å²) in [5.41, 5.74) is 1.07. The van der Waals surface area contributed by atoms with Crippen LogP contribution in [0.15, 0.2) is 77.9 Å². The average Bonchev–Trinajstić information content (AvgIpc) is 3.59. The fraction of sp³-hybridized carbons (Fsp3) is 0.194. The first-order chi connectivity index (χ1) is 20.9. The normalized spacial score (nSPS) is 10.8. The number of thiophene rings is 2. The molecule has 0 radical (unpaired) electrons. The number of esters is 2. The zero-order valence-corrected chi connectivity index (χ0v) is 25.0. The molecule has 0 unspecified atom stereocenters. The summed E-state index contributed by atoms with van der Waals surface area (Å²) in [5, 5.41) is 3.31. The van der Waals surface area contributed by atoms with Crippen molar-refractivity contribution >= 4 is 55.7 Å². The third-order valence-electron chi connectivity index (χ3n) is 6.28. The Morgan fingerprint density at radius 3 is 2.37 bits per heavy atom. The number of hydrogen-bond donors (Lipinski definition) is 1. The number of amides is 1. The van der Waals surface area contributed by atoms with Crippen LogP contribution in [0.3, 0.4) is 0 Å². The van der Waals surface area contributed by atoms with Gasteiger partial charge >= 0.3 is 11.9 Å². The van der Waals surface area contributed by atoms with Crippen LogP contribution in [0, 0.1) is 6.92 Å². The first kappa shape index (κ1) is 29.7. The van der Waals surface area contributed by atoms with Gasteiger partial charge in [0.25, 0.3) is 5.56 Å². The summed E-state index contributed by atoms with van der Waals surface area (Å²) in [5.74, 6) is -1.00. The Labute approximate surface area is 254 Å². The van der Waals surface area contributed by atoms with Crippen LogP contribution >= 0.6 is 22.7 Å². The number of aromatic nitrogens is 2. The molecule has 0 atom stereocenters. The molecule has 3 heterocycles. The predicted octanol–water partition coefficient (Wildman–Crippen LogP) is 5.55. The Morgan fingerprint density at radius 2 is 1.65 bits per heavy atom. The van der Waals surface area contributed by atoms with E-state index in [1.54, 1.807) is 32.0 Å². The molecule has 2 aromatic carbocycles. The van der Waals surface area contributed by atoms with Gasteiger partial charge in [0.05, 0.1) is 23.9 Å². The number of nitrogens with zero attached hydrogens (tertiary/aromatic N) is 2. The molecule has 12 heteroatoms. The van der Waals surface area contributed by atoms with E-state index in [9.17, 15) is 19.2 Å². The van der Waals surface area contributed by atoms with Crippen LogP contribution in [0.4, 0.5) is 5.00 Å². The summed E-state index contributed by atoms with van der Waals surface area (Å²) in [6.07, 6.45) is 1.26. The van der Waals surface area contributed by atoms with E-state index in [1.165, 1.54) is 17.7 Å². The smallest absolute Gasteiger partial charge is 0.348 e. The molecule has 5 rings (SSSR count). The summed E-state index contributed by atoms with van der Waals surface area (Å²) < 4.78 is 17.2. The number of fused-ring (bicyclic) bond motifs is 1. The minimum absolute atomic E-state index is 0.0295. The molecule has 1 amide bonds. The number of aryl methyl sites for hydroxylation is 1. The van der Waals surface area contributed by atoms with E-state index in [4.69, 9.17) is 14.2 Å². The Balaban J connectivity index is 1.29. The highest BCUT2D eigenvalue weighted by Crippen LogP contribution is 2.36. The molecular weight excluding hydrogens is 590 g/mol. The summed E-state index contributed by atoms with van der Waals surface area (Å²) in [7, 11) is 0. The highest BCUT2D eigenvalue weighted by atomic mass is 32.1. The maximum atomic E-state index is 13.3. The van der Waals surface area contributed by atoms with Crippen LogP contribution in [0.25, 0.3) is 20.7 Å². The van der Waals surface area contributed by atoms with E-state index < -0.39 is 23.4 Å². The Kier molecular flexibility index (Phi) is 9.28. The first-order valence-corrected chi connectivity index (χ1v) is 15.0. The van der Waals surface area contributed by atoms with Crippen LogP contribution < -0.4 is 15.6 Å². The van der Waals surface area contributed by atoms with E-state index in [2.05, 4.69) is 10.3 Å². The van der Waals surface area contributed by atoms with Gasteiger partial charge in [0.2, 0.25) is 5.91 Å². The molecule has 1 N–H and O–H groups in total. The predicted molar refractivity (Wildman–Crippen MR) is 165 cm³/mol. The van der Waals surface area contributed by atoms with Crippen molar-refractivity contribution in [2.45, 2.75) is 20.4 Å². The lowest BCUT2D eigenvalue weighted by molar-refractivity contribution is -0.116. The van der Waals surface area contributed by atoms with Gasteiger partial charge in [-0.05, 0) is 43.2 Å². The van der Waals surface area contributed by atoms with Crippen LogP contribution in [-0.4, -0.2) is 47.2 Å². The SMILES string of the molecule is CCOC(=O)c1cc(-c2ccccc2)sc1NC(=O)Cn1cnc2sc(C(=O)OCCOc3ccccc3)c(C)c2c1=O. The topological polar surface area (TPSA) is 126 Å². The van der Waals surface area contributed by atoms with Crippen molar-refractivity contribution in [3.63, 3.8) is 0 Å². The summed E-state index contributed by atoms with van der Waals surface area (Å²) in [6.45, 7) is 3.38. The third-order valence-corrected chi connectivity index (χ3v) is 8.56. The number of anilines is 1. The number of nitrogens with one attached hydrogen (secondary N) is 1. The minimum Gasteiger partial charge on any atom is -0.490 e. The minimum atomic E-state index is -0.584. The molecule has 5 aromatic rings. The van der Waals surface area contributed by atoms with Crippen LogP contribution in [-0.2, 0) is 20.8 Å². The maximum Gasteiger partial charge on any atom is 0.348 e. The lowest BCUT2D eigenvalue weighted by Gasteiger charge is -2.08. The number of carbonyl (C=O) groups is 3. The number of para-hydroxylation sites is 1. The van der Waals surface area contributed by atoms with Crippen molar-refractivity contribution in [1.82, 2.24) is 9.55 Å². The van der Waals surface area contributed by atoms with Crippen molar-refractivity contribution in [1.29, 1.82) is 0 Å². The molecule has 0 spiro atoms. The third kappa shape index (κ3) is 6.82. The maximum absolute atomic E-state index is 13.3. The molecule has 43 heavy (non-hydrogen) atoms. The first-order valence-electron chi connectivity index (χ1n) is 13.4. The second kappa shape index (κ2) is 13.4. The van der Waals surface area contributed by atoms with Gasteiger partial charge < -0.3 is 19.5 Å². The molecule has 10 nitrogen and oxygen atoms in total. The Morgan fingerprint density at radius 1 is 0.930 bits per heavy atom.